The Morgan fingerprint density at radius 3 is 2.70 bits per heavy atom. The van der Waals surface area contributed by atoms with Crippen molar-refractivity contribution in [1.29, 1.82) is 0 Å². The van der Waals surface area contributed by atoms with Crippen molar-refractivity contribution in [3.63, 3.8) is 0 Å². The Labute approximate surface area is 128 Å². The van der Waals surface area contributed by atoms with Crippen LogP contribution in [-0.2, 0) is 4.74 Å². The first-order valence-corrected chi connectivity index (χ1v) is 8.00. The van der Waals surface area contributed by atoms with Crippen LogP contribution in [0.25, 0.3) is 0 Å². The average Bonchev–Trinajstić information content (AvgIpc) is 2.43. The normalized spacial score (nSPS) is 14.2. The molecule has 1 aromatic rings. The molecule has 3 heteroatoms. The Hall–Kier alpha value is -0.570. The molecule has 0 aliphatic carbocycles. The number of ether oxygens (including phenoxy) is 1. The van der Waals surface area contributed by atoms with Crippen molar-refractivity contribution < 1.29 is 4.74 Å². The van der Waals surface area contributed by atoms with E-state index >= 15 is 0 Å². The lowest BCUT2D eigenvalue weighted by Crippen LogP contribution is -2.26. The first-order chi connectivity index (χ1) is 9.69. The molecule has 0 bridgehead atoms. The third kappa shape index (κ3) is 6.25. The van der Waals surface area contributed by atoms with Gasteiger partial charge in [-0.05, 0) is 29.9 Å². The quantitative estimate of drug-likeness (QED) is 0.643. The maximum atomic E-state index is 6.37. The minimum atomic E-state index is 0.474. The van der Waals surface area contributed by atoms with Gasteiger partial charge in [0.05, 0.1) is 6.61 Å². The molecule has 0 radical (unpaired) electrons. The summed E-state index contributed by atoms with van der Waals surface area (Å²) in [5.41, 5.74) is 1.27. The third-order valence-electron chi connectivity index (χ3n) is 3.69. The first-order valence-electron chi connectivity index (χ1n) is 7.63. The molecule has 0 fully saturated rings. The maximum absolute atomic E-state index is 6.37. The van der Waals surface area contributed by atoms with Gasteiger partial charge in [0, 0.05) is 25.2 Å². The van der Waals surface area contributed by atoms with Crippen LogP contribution in [0.3, 0.4) is 0 Å². The van der Waals surface area contributed by atoms with E-state index in [1.165, 1.54) is 24.8 Å². The zero-order valence-electron chi connectivity index (χ0n) is 13.0. The van der Waals surface area contributed by atoms with Crippen LogP contribution in [0.5, 0.6) is 0 Å². The van der Waals surface area contributed by atoms with Gasteiger partial charge in [0.15, 0.2) is 0 Å². The molecule has 1 N–H and O–H groups in total. The molecule has 0 amide bonds. The van der Waals surface area contributed by atoms with E-state index in [0.29, 0.717) is 5.92 Å². The number of hydrogen-bond donors (Lipinski definition) is 1. The molecule has 2 atom stereocenters. The van der Waals surface area contributed by atoms with E-state index in [2.05, 4.69) is 31.3 Å². The van der Waals surface area contributed by atoms with Crippen molar-refractivity contribution in [3.05, 3.63) is 34.9 Å². The Balaban J connectivity index is 2.66. The van der Waals surface area contributed by atoms with E-state index in [0.717, 1.165) is 30.6 Å². The number of nitrogens with one attached hydrogen (secondary N) is 1. The van der Waals surface area contributed by atoms with Gasteiger partial charge in [-0.3, -0.25) is 0 Å². The van der Waals surface area contributed by atoms with Gasteiger partial charge < -0.3 is 10.1 Å². The van der Waals surface area contributed by atoms with E-state index < -0.39 is 0 Å². The predicted molar refractivity (Wildman–Crippen MR) is 87.6 cm³/mol. The predicted octanol–water partition coefficient (Wildman–Crippen LogP) is 4.49. The Kier molecular flexibility index (Phi) is 8.92. The van der Waals surface area contributed by atoms with Gasteiger partial charge in [0.2, 0.25) is 0 Å². The highest BCUT2D eigenvalue weighted by molar-refractivity contribution is 6.31. The molecule has 0 saturated carbocycles. The molecule has 20 heavy (non-hydrogen) atoms. The van der Waals surface area contributed by atoms with E-state index in [1.54, 1.807) is 7.11 Å². The topological polar surface area (TPSA) is 21.3 Å². The van der Waals surface area contributed by atoms with Gasteiger partial charge in [0.25, 0.3) is 0 Å². The van der Waals surface area contributed by atoms with Crippen LogP contribution in [0, 0.1) is 5.92 Å². The minimum Gasteiger partial charge on any atom is -0.383 e. The highest BCUT2D eigenvalue weighted by Gasteiger charge is 2.17. The molecule has 0 spiro atoms. The van der Waals surface area contributed by atoms with Crippen LogP contribution in [0.2, 0.25) is 5.02 Å². The number of methoxy groups -OCH3 is 1. The third-order valence-corrected chi connectivity index (χ3v) is 4.03. The van der Waals surface area contributed by atoms with Crippen molar-refractivity contribution in [2.45, 2.75) is 39.0 Å². The highest BCUT2D eigenvalue weighted by atomic mass is 35.5. The smallest absolute Gasteiger partial charge is 0.0587 e. The van der Waals surface area contributed by atoms with Crippen LogP contribution < -0.4 is 5.32 Å². The lowest BCUT2D eigenvalue weighted by Gasteiger charge is -2.23. The lowest BCUT2D eigenvalue weighted by atomic mass is 9.87. The minimum absolute atomic E-state index is 0.474. The molecule has 1 aromatic carbocycles. The number of benzene rings is 1. The average molecular weight is 298 g/mol. The second kappa shape index (κ2) is 10.2. The molecule has 2 nitrogen and oxygen atoms in total. The van der Waals surface area contributed by atoms with E-state index in [4.69, 9.17) is 16.3 Å². The van der Waals surface area contributed by atoms with Crippen molar-refractivity contribution in [2.24, 2.45) is 5.92 Å². The van der Waals surface area contributed by atoms with Gasteiger partial charge in [-0.2, -0.15) is 0 Å². The van der Waals surface area contributed by atoms with Crippen molar-refractivity contribution in [1.82, 2.24) is 5.32 Å². The van der Waals surface area contributed by atoms with Gasteiger partial charge in [-0.1, -0.05) is 56.5 Å². The lowest BCUT2D eigenvalue weighted by molar-refractivity contribution is 0.198. The summed E-state index contributed by atoms with van der Waals surface area (Å²) < 4.78 is 5.08. The summed E-state index contributed by atoms with van der Waals surface area (Å²) >= 11 is 6.37. The fourth-order valence-electron chi connectivity index (χ4n) is 2.67. The summed E-state index contributed by atoms with van der Waals surface area (Å²) in [6.07, 6.45) is 3.70. The second-order valence-electron chi connectivity index (χ2n) is 5.54. The van der Waals surface area contributed by atoms with E-state index in [9.17, 15) is 0 Å². The molecular formula is C17H28ClNO. The number of hydrogen-bond acceptors (Lipinski definition) is 2. The monoisotopic (exact) mass is 297 g/mol. The van der Waals surface area contributed by atoms with Crippen molar-refractivity contribution in [3.8, 4) is 0 Å². The molecule has 0 saturated heterocycles. The maximum Gasteiger partial charge on any atom is 0.0587 e. The molecule has 0 aliphatic rings. The fraction of sp³-hybridized carbons (Fsp3) is 0.647. The molecule has 114 valence electrons. The van der Waals surface area contributed by atoms with Gasteiger partial charge in [-0.15, -0.1) is 0 Å². The largest absolute Gasteiger partial charge is 0.383 e. The van der Waals surface area contributed by atoms with Gasteiger partial charge in [-0.25, -0.2) is 0 Å². The van der Waals surface area contributed by atoms with Gasteiger partial charge >= 0.3 is 0 Å². The van der Waals surface area contributed by atoms with Crippen LogP contribution in [0.1, 0.15) is 44.6 Å². The Morgan fingerprint density at radius 2 is 2.05 bits per heavy atom. The molecule has 2 unspecified atom stereocenters. The Morgan fingerprint density at radius 1 is 1.30 bits per heavy atom. The van der Waals surface area contributed by atoms with Gasteiger partial charge in [0.1, 0.15) is 0 Å². The van der Waals surface area contributed by atoms with Crippen LogP contribution in [0.15, 0.2) is 24.3 Å². The summed E-state index contributed by atoms with van der Waals surface area (Å²) in [6, 6.07) is 8.22. The van der Waals surface area contributed by atoms with E-state index in [1.807, 2.05) is 12.1 Å². The molecule has 1 rings (SSSR count). The molecular weight excluding hydrogens is 270 g/mol. The number of rotatable bonds is 10. The fourth-order valence-corrected chi connectivity index (χ4v) is 2.96. The summed E-state index contributed by atoms with van der Waals surface area (Å²) in [4.78, 5) is 0. The van der Waals surface area contributed by atoms with Crippen molar-refractivity contribution >= 4 is 11.6 Å². The Bertz CT molecular complexity index is 370. The standard InChI is InChI=1S/C17H28ClNO/c1-4-7-14(2)12-15(13-19-10-11-20-3)16-8-5-6-9-17(16)18/h5-6,8-9,14-15,19H,4,7,10-13H2,1-3H3. The highest BCUT2D eigenvalue weighted by Crippen LogP contribution is 2.30. The summed E-state index contributed by atoms with van der Waals surface area (Å²) in [7, 11) is 1.73. The molecule has 0 aromatic heterocycles. The summed E-state index contributed by atoms with van der Waals surface area (Å²) in [5.74, 6) is 1.20. The molecule has 0 heterocycles. The SMILES string of the molecule is CCCC(C)CC(CNCCOC)c1ccccc1Cl. The molecule has 0 aliphatic heterocycles. The summed E-state index contributed by atoms with van der Waals surface area (Å²) in [6.45, 7) is 7.18. The van der Waals surface area contributed by atoms with E-state index in [-0.39, 0.29) is 0 Å². The summed E-state index contributed by atoms with van der Waals surface area (Å²) in [5, 5.41) is 4.36. The second-order valence-corrected chi connectivity index (χ2v) is 5.95. The van der Waals surface area contributed by atoms with Crippen molar-refractivity contribution in [2.75, 3.05) is 26.8 Å². The van der Waals surface area contributed by atoms with Crippen LogP contribution in [-0.4, -0.2) is 26.8 Å². The zero-order chi connectivity index (χ0) is 14.8. The van der Waals surface area contributed by atoms with Crippen LogP contribution >= 0.6 is 11.6 Å². The zero-order valence-corrected chi connectivity index (χ0v) is 13.7. The first kappa shape index (κ1) is 17.5. The van der Waals surface area contributed by atoms with Crippen LogP contribution in [0.4, 0.5) is 0 Å². The number of halogens is 1.